The predicted octanol–water partition coefficient (Wildman–Crippen LogP) is 2.16. The fraction of sp³-hybridized carbons (Fsp3) is 0. The summed E-state index contributed by atoms with van der Waals surface area (Å²) in [7, 11) is 0. The molecule has 21 heavy (non-hydrogen) atoms. The molecule has 4 aromatic rings. The van der Waals surface area contributed by atoms with Crippen LogP contribution >= 0.6 is 0 Å². The summed E-state index contributed by atoms with van der Waals surface area (Å²) in [6.45, 7) is 0. The molecule has 0 atom stereocenters. The molecule has 102 valence electrons. The van der Waals surface area contributed by atoms with E-state index in [0.717, 1.165) is 28.1 Å². The molecule has 0 fully saturated rings. The first kappa shape index (κ1) is 11.7. The highest BCUT2D eigenvalue weighted by Gasteiger charge is 2.08. The van der Waals surface area contributed by atoms with Gasteiger partial charge in [0.1, 0.15) is 5.52 Å². The molecule has 6 heteroatoms. The molecular weight excluding hydrogens is 264 g/mol. The van der Waals surface area contributed by atoms with Gasteiger partial charge in [-0.05, 0) is 23.8 Å². The average molecular weight is 276 g/mol. The van der Waals surface area contributed by atoms with Gasteiger partial charge in [0.05, 0.1) is 12.4 Å². The lowest BCUT2D eigenvalue weighted by atomic mass is 10.1. The Morgan fingerprint density at radius 2 is 1.95 bits per heavy atom. The van der Waals surface area contributed by atoms with Crippen LogP contribution in [0, 0.1) is 0 Å². The van der Waals surface area contributed by atoms with E-state index >= 15 is 0 Å². The average Bonchev–Trinajstić information content (AvgIpc) is 3.16. The first-order valence-electron chi connectivity index (χ1n) is 6.50. The zero-order valence-corrected chi connectivity index (χ0v) is 11.1. The van der Waals surface area contributed by atoms with Gasteiger partial charge < -0.3 is 5.73 Å². The van der Waals surface area contributed by atoms with Crippen molar-refractivity contribution in [3.8, 4) is 16.9 Å². The third kappa shape index (κ3) is 1.93. The van der Waals surface area contributed by atoms with E-state index in [1.807, 2.05) is 36.5 Å². The quantitative estimate of drug-likeness (QED) is 0.569. The van der Waals surface area contributed by atoms with Crippen molar-refractivity contribution in [2.75, 3.05) is 5.73 Å². The van der Waals surface area contributed by atoms with Crippen LogP contribution < -0.4 is 5.73 Å². The Hall–Kier alpha value is -3.15. The number of hydrogen-bond acceptors (Lipinski definition) is 4. The van der Waals surface area contributed by atoms with Gasteiger partial charge in [0, 0.05) is 29.8 Å². The molecule has 6 nitrogen and oxygen atoms in total. The smallest absolute Gasteiger partial charge is 0.179 e. The number of anilines is 1. The van der Waals surface area contributed by atoms with Crippen molar-refractivity contribution in [3.05, 3.63) is 61.3 Å². The van der Waals surface area contributed by atoms with Crippen LogP contribution in [0.4, 0.5) is 5.69 Å². The zero-order chi connectivity index (χ0) is 14.2. The Morgan fingerprint density at radius 1 is 1.00 bits per heavy atom. The minimum Gasteiger partial charge on any atom is -0.399 e. The van der Waals surface area contributed by atoms with Crippen molar-refractivity contribution in [2.24, 2.45) is 0 Å². The molecular formula is C15H12N6. The van der Waals surface area contributed by atoms with Gasteiger partial charge in [0.15, 0.2) is 5.82 Å². The van der Waals surface area contributed by atoms with Gasteiger partial charge in [-0.25, -0.2) is 14.2 Å². The van der Waals surface area contributed by atoms with E-state index in [1.165, 1.54) is 0 Å². The van der Waals surface area contributed by atoms with E-state index in [-0.39, 0.29) is 0 Å². The first-order chi connectivity index (χ1) is 10.3. The minimum absolute atomic E-state index is 0.733. The Morgan fingerprint density at radius 3 is 2.86 bits per heavy atom. The van der Waals surface area contributed by atoms with Crippen LogP contribution in [0.5, 0.6) is 0 Å². The van der Waals surface area contributed by atoms with Crippen molar-refractivity contribution in [2.45, 2.75) is 0 Å². The summed E-state index contributed by atoms with van der Waals surface area (Å²) in [5.41, 5.74) is 9.48. The molecule has 0 amide bonds. The molecule has 0 saturated heterocycles. The van der Waals surface area contributed by atoms with Crippen LogP contribution in [-0.2, 0) is 0 Å². The predicted molar refractivity (Wildman–Crippen MR) is 80.0 cm³/mol. The number of nitrogens with zero attached hydrogens (tertiary/aromatic N) is 5. The molecule has 0 aliphatic heterocycles. The summed E-state index contributed by atoms with van der Waals surface area (Å²) in [6.07, 6.45) is 8.99. The number of rotatable bonds is 2. The van der Waals surface area contributed by atoms with Crippen LogP contribution in [0.15, 0.2) is 61.3 Å². The van der Waals surface area contributed by atoms with Crippen molar-refractivity contribution in [3.63, 3.8) is 0 Å². The van der Waals surface area contributed by atoms with Crippen molar-refractivity contribution < 1.29 is 0 Å². The molecule has 0 spiro atoms. The number of aromatic nitrogens is 5. The molecule has 0 radical (unpaired) electrons. The fourth-order valence-corrected chi connectivity index (χ4v) is 2.33. The van der Waals surface area contributed by atoms with Crippen molar-refractivity contribution >= 4 is 11.2 Å². The number of fused-ring (bicyclic) bond motifs is 1. The highest BCUT2D eigenvalue weighted by molar-refractivity contribution is 5.67. The normalized spacial score (nSPS) is 11.0. The number of nitrogen functional groups attached to an aromatic ring is 1. The second-order valence-electron chi connectivity index (χ2n) is 4.71. The Balaban J connectivity index is 1.83. The molecule has 0 bridgehead atoms. The first-order valence-corrected chi connectivity index (χ1v) is 6.50. The summed E-state index contributed by atoms with van der Waals surface area (Å²) < 4.78 is 3.51. The highest BCUT2D eigenvalue weighted by Crippen LogP contribution is 2.22. The summed E-state index contributed by atoms with van der Waals surface area (Å²) in [6, 6.07) is 9.63. The molecule has 4 rings (SSSR count). The summed E-state index contributed by atoms with van der Waals surface area (Å²) in [5, 5.41) is 8.59. The maximum atomic E-state index is 5.82. The van der Waals surface area contributed by atoms with Gasteiger partial charge in [-0.2, -0.15) is 10.2 Å². The minimum atomic E-state index is 0.733. The molecule has 0 aliphatic rings. The van der Waals surface area contributed by atoms with Gasteiger partial charge in [-0.1, -0.05) is 12.1 Å². The van der Waals surface area contributed by atoms with Crippen molar-refractivity contribution in [1.82, 2.24) is 24.4 Å². The lowest BCUT2D eigenvalue weighted by molar-refractivity contribution is 0.832. The Labute approximate surface area is 120 Å². The van der Waals surface area contributed by atoms with E-state index in [2.05, 4.69) is 15.2 Å². The third-order valence-corrected chi connectivity index (χ3v) is 3.32. The van der Waals surface area contributed by atoms with Crippen LogP contribution in [0.1, 0.15) is 0 Å². The number of hydrogen-bond donors (Lipinski definition) is 1. The molecule has 1 aromatic carbocycles. The maximum absolute atomic E-state index is 5.82. The lowest BCUT2D eigenvalue weighted by Crippen LogP contribution is -2.01. The SMILES string of the molecule is Nc1cccc(-c2cnn(-c3nccn4nccc34)c2)c1. The third-order valence-electron chi connectivity index (χ3n) is 3.32. The van der Waals surface area contributed by atoms with E-state index in [9.17, 15) is 0 Å². The number of benzene rings is 1. The van der Waals surface area contributed by atoms with E-state index in [1.54, 1.807) is 34.0 Å². The number of nitrogens with two attached hydrogens (primary N) is 1. The summed E-state index contributed by atoms with van der Waals surface area (Å²) in [4.78, 5) is 4.39. The van der Waals surface area contributed by atoms with Gasteiger partial charge in [0.2, 0.25) is 0 Å². The van der Waals surface area contributed by atoms with Gasteiger partial charge in [0.25, 0.3) is 0 Å². The molecule has 3 aromatic heterocycles. The van der Waals surface area contributed by atoms with Gasteiger partial charge >= 0.3 is 0 Å². The fourth-order valence-electron chi connectivity index (χ4n) is 2.33. The van der Waals surface area contributed by atoms with Crippen LogP contribution in [0.3, 0.4) is 0 Å². The Kier molecular flexibility index (Phi) is 2.47. The molecule has 2 N–H and O–H groups in total. The standard InChI is InChI=1S/C15H12N6/c16-13-3-1-2-11(8-13)12-9-19-21(10-12)15-14-4-5-18-20(14)7-6-17-15/h1-10H,16H2. The van der Waals surface area contributed by atoms with E-state index < -0.39 is 0 Å². The van der Waals surface area contributed by atoms with E-state index in [4.69, 9.17) is 5.73 Å². The van der Waals surface area contributed by atoms with Crippen LogP contribution in [0.25, 0.3) is 22.5 Å². The Bertz CT molecular complexity index is 920. The van der Waals surface area contributed by atoms with Crippen LogP contribution in [-0.4, -0.2) is 24.4 Å². The van der Waals surface area contributed by atoms with Crippen LogP contribution in [0.2, 0.25) is 0 Å². The van der Waals surface area contributed by atoms with Gasteiger partial charge in [-0.3, -0.25) is 0 Å². The molecule has 0 saturated carbocycles. The topological polar surface area (TPSA) is 74.0 Å². The molecule has 0 aliphatic carbocycles. The highest BCUT2D eigenvalue weighted by atomic mass is 15.3. The second-order valence-corrected chi connectivity index (χ2v) is 4.71. The summed E-state index contributed by atoms with van der Waals surface area (Å²) in [5.74, 6) is 0.741. The van der Waals surface area contributed by atoms with Gasteiger partial charge in [-0.15, -0.1) is 0 Å². The summed E-state index contributed by atoms with van der Waals surface area (Å²) >= 11 is 0. The van der Waals surface area contributed by atoms with E-state index in [0.29, 0.717) is 0 Å². The second kappa shape index (κ2) is 4.45. The van der Waals surface area contributed by atoms with Crippen molar-refractivity contribution in [1.29, 1.82) is 0 Å². The molecule has 0 unspecified atom stereocenters. The largest absolute Gasteiger partial charge is 0.399 e. The maximum Gasteiger partial charge on any atom is 0.179 e. The molecule has 3 heterocycles. The monoisotopic (exact) mass is 276 g/mol. The lowest BCUT2D eigenvalue weighted by Gasteiger charge is -2.02. The zero-order valence-electron chi connectivity index (χ0n) is 11.1.